The number of sulfonamides is 1. The summed E-state index contributed by atoms with van der Waals surface area (Å²) >= 11 is 1.52. The number of ether oxygens (including phenoxy) is 2. The van der Waals surface area contributed by atoms with Crippen LogP contribution in [0.15, 0.2) is 95.2 Å². The van der Waals surface area contributed by atoms with Crippen molar-refractivity contribution in [3.05, 3.63) is 102 Å². The van der Waals surface area contributed by atoms with E-state index in [2.05, 4.69) is 19.9 Å². The van der Waals surface area contributed by atoms with Crippen LogP contribution in [0.5, 0.6) is 0 Å². The van der Waals surface area contributed by atoms with Gasteiger partial charge in [0, 0.05) is 23.4 Å². The molecule has 0 aliphatic carbocycles. The number of aromatic amines is 1. The van der Waals surface area contributed by atoms with Crippen LogP contribution in [0.4, 0.5) is 5.69 Å². The number of thioether (sulfide) groups is 1. The van der Waals surface area contributed by atoms with Gasteiger partial charge in [-0.15, -0.1) is 0 Å². The van der Waals surface area contributed by atoms with Crippen LogP contribution in [-0.2, 0) is 26.1 Å². The third-order valence-electron chi connectivity index (χ3n) is 5.90. The van der Waals surface area contributed by atoms with Crippen LogP contribution in [0.2, 0.25) is 0 Å². The summed E-state index contributed by atoms with van der Waals surface area (Å²) in [5.74, 6) is 0.648. The Balaban J connectivity index is 1.33. The molecule has 1 fully saturated rings. The highest BCUT2D eigenvalue weighted by Crippen LogP contribution is 2.39. The highest BCUT2D eigenvalue weighted by Gasteiger charge is 2.32. The third kappa shape index (κ3) is 6.38. The maximum absolute atomic E-state index is 12.7. The average molecular weight is 539 g/mol. The average Bonchev–Trinajstić information content (AvgIpc) is 3.46. The number of aliphatic hydroxyl groups is 1. The lowest BCUT2D eigenvalue weighted by molar-refractivity contribution is -0.245. The van der Waals surface area contributed by atoms with Crippen molar-refractivity contribution < 1.29 is 23.0 Å². The van der Waals surface area contributed by atoms with Gasteiger partial charge in [-0.3, -0.25) is 9.82 Å². The van der Waals surface area contributed by atoms with Crippen molar-refractivity contribution in [2.75, 3.05) is 10.5 Å². The van der Waals surface area contributed by atoms with Crippen molar-refractivity contribution in [3.8, 4) is 0 Å². The number of benzene rings is 3. The number of nitrogens with zero attached hydrogens (tertiary/aromatic N) is 2. The van der Waals surface area contributed by atoms with Crippen molar-refractivity contribution in [1.29, 1.82) is 0 Å². The van der Waals surface area contributed by atoms with Gasteiger partial charge >= 0.3 is 0 Å². The molecule has 0 radical (unpaired) electrons. The smallest absolute Gasteiger partial charge is 0.261 e. The molecule has 3 atom stereocenters. The van der Waals surface area contributed by atoms with Crippen molar-refractivity contribution >= 4 is 27.5 Å². The molecule has 2 heterocycles. The summed E-state index contributed by atoms with van der Waals surface area (Å²) in [6, 6.07) is 22.9. The number of hydrogen-bond acceptors (Lipinski definition) is 8. The van der Waals surface area contributed by atoms with E-state index in [-0.39, 0.29) is 23.7 Å². The van der Waals surface area contributed by atoms with Crippen molar-refractivity contribution in [1.82, 2.24) is 15.2 Å². The van der Waals surface area contributed by atoms with E-state index in [0.717, 1.165) is 16.7 Å². The Morgan fingerprint density at radius 2 is 1.70 bits per heavy atom. The van der Waals surface area contributed by atoms with Gasteiger partial charge in [0.2, 0.25) is 0 Å². The predicted molar refractivity (Wildman–Crippen MR) is 139 cm³/mol. The molecule has 3 unspecified atom stereocenters. The topological polar surface area (TPSA) is 126 Å². The van der Waals surface area contributed by atoms with E-state index in [0.29, 0.717) is 23.0 Å². The van der Waals surface area contributed by atoms with Crippen molar-refractivity contribution in [2.24, 2.45) is 0 Å². The van der Waals surface area contributed by atoms with Gasteiger partial charge in [0.15, 0.2) is 11.4 Å². The van der Waals surface area contributed by atoms with E-state index in [4.69, 9.17) is 9.47 Å². The van der Waals surface area contributed by atoms with Crippen LogP contribution in [0.25, 0.3) is 0 Å². The van der Waals surface area contributed by atoms with Crippen LogP contribution in [0, 0.1) is 0 Å². The summed E-state index contributed by atoms with van der Waals surface area (Å²) < 4.78 is 40.6. The molecule has 0 spiro atoms. The Labute approximate surface area is 219 Å². The van der Waals surface area contributed by atoms with Gasteiger partial charge in [0.05, 0.1) is 23.7 Å². The van der Waals surface area contributed by atoms with Crippen LogP contribution >= 0.6 is 11.8 Å². The van der Waals surface area contributed by atoms with Crippen molar-refractivity contribution in [2.45, 2.75) is 41.6 Å². The lowest BCUT2D eigenvalue weighted by Gasteiger charge is -2.36. The van der Waals surface area contributed by atoms with Gasteiger partial charge in [-0.05, 0) is 35.4 Å². The van der Waals surface area contributed by atoms with Gasteiger partial charge < -0.3 is 14.6 Å². The van der Waals surface area contributed by atoms with E-state index in [1.165, 1.54) is 18.1 Å². The van der Waals surface area contributed by atoms with Gasteiger partial charge in [0.1, 0.15) is 6.33 Å². The maximum Gasteiger partial charge on any atom is 0.261 e. The van der Waals surface area contributed by atoms with Crippen LogP contribution < -0.4 is 4.72 Å². The second-order valence-corrected chi connectivity index (χ2v) is 11.2. The molecule has 1 saturated heterocycles. The molecule has 11 heteroatoms. The number of aromatic nitrogens is 3. The van der Waals surface area contributed by atoms with E-state index >= 15 is 0 Å². The van der Waals surface area contributed by atoms with Crippen LogP contribution in [0.1, 0.15) is 35.5 Å². The normalized spacial score (nSPS) is 20.0. The molecule has 1 aliphatic rings. The molecular weight excluding hydrogens is 512 g/mol. The summed E-state index contributed by atoms with van der Waals surface area (Å²) in [7, 11) is -3.69. The first-order valence-corrected chi connectivity index (χ1v) is 14.1. The zero-order chi connectivity index (χ0) is 25.7. The fourth-order valence-electron chi connectivity index (χ4n) is 3.98. The zero-order valence-corrected chi connectivity index (χ0v) is 21.4. The Morgan fingerprint density at radius 1 is 0.973 bits per heavy atom. The monoisotopic (exact) mass is 538 g/mol. The zero-order valence-electron chi connectivity index (χ0n) is 19.7. The molecule has 192 valence electrons. The first-order valence-electron chi connectivity index (χ1n) is 11.7. The van der Waals surface area contributed by atoms with E-state index in [9.17, 15) is 13.5 Å². The van der Waals surface area contributed by atoms with Gasteiger partial charge in [0.25, 0.3) is 10.0 Å². The fraction of sp³-hybridized carbons (Fsp3) is 0.231. The third-order valence-corrected chi connectivity index (χ3v) is 8.31. The Morgan fingerprint density at radius 3 is 2.38 bits per heavy atom. The number of hydrogen-bond donors (Lipinski definition) is 3. The molecule has 1 aromatic heterocycles. The van der Waals surface area contributed by atoms with Crippen LogP contribution in [-0.4, -0.2) is 40.6 Å². The predicted octanol–water partition coefficient (Wildman–Crippen LogP) is 4.44. The molecule has 0 saturated carbocycles. The maximum atomic E-state index is 12.7. The summed E-state index contributed by atoms with van der Waals surface area (Å²) in [5, 5.41) is 16.8. The van der Waals surface area contributed by atoms with E-state index in [1.807, 2.05) is 24.3 Å². The molecule has 9 nitrogen and oxygen atoms in total. The number of aliphatic hydroxyl groups excluding tert-OH is 1. The molecule has 3 N–H and O–H groups in total. The van der Waals surface area contributed by atoms with E-state index in [1.54, 1.807) is 54.6 Å². The number of H-pyrrole nitrogens is 1. The molecular formula is C26H26N4O5S2. The highest BCUT2D eigenvalue weighted by molar-refractivity contribution is 7.99. The summed E-state index contributed by atoms with van der Waals surface area (Å²) in [5.41, 5.74) is 3.04. The second kappa shape index (κ2) is 11.4. The lowest BCUT2D eigenvalue weighted by Crippen LogP contribution is -2.31. The number of anilines is 1. The fourth-order valence-corrected chi connectivity index (χ4v) is 5.86. The molecule has 1 aliphatic heterocycles. The lowest BCUT2D eigenvalue weighted by atomic mass is 10.0. The minimum atomic E-state index is -3.69. The SMILES string of the molecule is O=S(=O)(Nc1ccc(C2OC(CSc3ncn[nH]3)CC(c3ccc(CO)cc3)O2)cc1)c1ccccc1. The van der Waals surface area contributed by atoms with Gasteiger partial charge in [-0.2, -0.15) is 5.10 Å². The summed E-state index contributed by atoms with van der Waals surface area (Å²) in [6.07, 6.45) is 1.12. The standard InChI is InChI=1S/C26H26N4O5S2/c31-15-18-6-8-19(9-7-18)24-14-22(16-36-26-27-17-28-29-26)34-25(35-24)20-10-12-21(13-11-20)30-37(32,33)23-4-2-1-3-5-23/h1-13,17,22,24-25,30-31H,14-16H2,(H,27,28,29). The quantitative estimate of drug-likeness (QED) is 0.267. The van der Waals surface area contributed by atoms with Crippen molar-refractivity contribution in [3.63, 3.8) is 0 Å². The molecule has 37 heavy (non-hydrogen) atoms. The van der Waals surface area contributed by atoms with E-state index < -0.39 is 16.3 Å². The Kier molecular flexibility index (Phi) is 7.87. The Hall–Kier alpha value is -3.22. The summed E-state index contributed by atoms with van der Waals surface area (Å²) in [6.45, 7) is -0.0195. The second-order valence-electron chi connectivity index (χ2n) is 8.49. The largest absolute Gasteiger partial charge is 0.392 e. The highest BCUT2D eigenvalue weighted by atomic mass is 32.2. The van der Waals surface area contributed by atoms with Gasteiger partial charge in [-0.1, -0.05) is 66.4 Å². The molecule has 0 amide bonds. The summed E-state index contributed by atoms with van der Waals surface area (Å²) in [4.78, 5) is 4.36. The minimum Gasteiger partial charge on any atom is -0.392 e. The first kappa shape index (κ1) is 25.4. The molecule has 0 bridgehead atoms. The first-order chi connectivity index (χ1) is 18.0. The minimum absolute atomic E-state index is 0.0195. The Bertz CT molecular complexity index is 1380. The van der Waals surface area contributed by atoms with Crippen LogP contribution in [0.3, 0.4) is 0 Å². The molecule has 5 rings (SSSR count). The molecule has 4 aromatic rings. The number of nitrogens with one attached hydrogen (secondary N) is 2. The molecule has 3 aromatic carbocycles. The number of rotatable bonds is 9. The van der Waals surface area contributed by atoms with Gasteiger partial charge in [-0.25, -0.2) is 13.4 Å².